The summed E-state index contributed by atoms with van der Waals surface area (Å²) in [5.41, 5.74) is -0.396. The minimum atomic E-state index is -3.52. The van der Waals surface area contributed by atoms with Crippen molar-refractivity contribution < 1.29 is 8.42 Å². The first-order valence-electron chi connectivity index (χ1n) is 4.88. The van der Waals surface area contributed by atoms with Gasteiger partial charge in [0.2, 0.25) is 5.56 Å². The lowest BCUT2D eigenvalue weighted by atomic mass is 10.5. The molecule has 1 aromatic heterocycles. The minimum absolute atomic E-state index is 0.0214. The van der Waals surface area contributed by atoms with Crippen LogP contribution in [0.25, 0.3) is 0 Å². The van der Waals surface area contributed by atoms with E-state index in [0.29, 0.717) is 13.1 Å². The van der Waals surface area contributed by atoms with Crippen LogP contribution in [0.2, 0.25) is 0 Å². The maximum Gasteiger partial charge on any atom is 0.258 e. The van der Waals surface area contributed by atoms with Crippen LogP contribution in [0.15, 0.2) is 28.0 Å². The molecule has 1 aliphatic rings. The second kappa shape index (κ2) is 4.60. The van der Waals surface area contributed by atoms with Gasteiger partial charge >= 0.3 is 0 Å². The molecule has 1 fully saturated rings. The van der Waals surface area contributed by atoms with Gasteiger partial charge in [-0.1, -0.05) is 6.07 Å². The zero-order valence-electron chi connectivity index (χ0n) is 8.55. The number of pyridine rings is 1. The van der Waals surface area contributed by atoms with Gasteiger partial charge < -0.3 is 4.98 Å². The Hall–Kier alpha value is -0.790. The molecular formula is C9H12N2O3S2. The quantitative estimate of drug-likeness (QED) is 0.819. The van der Waals surface area contributed by atoms with Crippen molar-refractivity contribution in [1.82, 2.24) is 9.29 Å². The smallest absolute Gasteiger partial charge is 0.258 e. The first-order valence-corrected chi connectivity index (χ1v) is 7.47. The summed E-state index contributed by atoms with van der Waals surface area (Å²) in [7, 11) is -3.52. The average Bonchev–Trinajstić information content (AvgIpc) is 2.30. The third-order valence-electron chi connectivity index (χ3n) is 2.33. The number of thioether (sulfide) groups is 1. The van der Waals surface area contributed by atoms with Gasteiger partial charge in [0.05, 0.1) is 0 Å². The van der Waals surface area contributed by atoms with Gasteiger partial charge in [-0.05, 0) is 6.07 Å². The van der Waals surface area contributed by atoms with Gasteiger partial charge in [0.15, 0.2) is 5.03 Å². The van der Waals surface area contributed by atoms with E-state index in [1.54, 1.807) is 11.8 Å². The highest BCUT2D eigenvalue weighted by atomic mass is 32.2. The molecule has 0 unspecified atom stereocenters. The number of aromatic amines is 1. The van der Waals surface area contributed by atoms with E-state index < -0.39 is 15.6 Å². The van der Waals surface area contributed by atoms with Crippen LogP contribution in [0, 0.1) is 0 Å². The Morgan fingerprint density at radius 3 is 2.56 bits per heavy atom. The molecule has 7 heteroatoms. The second-order valence-corrected chi connectivity index (χ2v) is 6.53. The molecule has 1 saturated heterocycles. The molecule has 0 spiro atoms. The number of H-pyrrole nitrogens is 1. The Morgan fingerprint density at radius 1 is 1.25 bits per heavy atom. The van der Waals surface area contributed by atoms with E-state index >= 15 is 0 Å². The van der Waals surface area contributed by atoms with Crippen molar-refractivity contribution >= 4 is 21.8 Å². The standard InChI is InChI=1S/C9H12N2O3S2/c12-8-2-1-3-9(10-8)16(13,14)11-4-6-15-7-5-11/h1-3H,4-7H2,(H,10,12). The lowest BCUT2D eigenvalue weighted by Crippen LogP contribution is -2.38. The monoisotopic (exact) mass is 260 g/mol. The SMILES string of the molecule is O=c1cccc(S(=O)(=O)N2CCSCC2)[nH]1. The van der Waals surface area contributed by atoms with Gasteiger partial charge in [0, 0.05) is 30.7 Å². The molecule has 1 aromatic rings. The fraction of sp³-hybridized carbons (Fsp3) is 0.444. The molecular weight excluding hydrogens is 248 g/mol. The first-order chi connectivity index (χ1) is 7.60. The van der Waals surface area contributed by atoms with E-state index in [2.05, 4.69) is 4.98 Å². The fourth-order valence-electron chi connectivity index (χ4n) is 1.50. The topological polar surface area (TPSA) is 70.2 Å². The van der Waals surface area contributed by atoms with Crippen LogP contribution in [0.3, 0.4) is 0 Å². The summed E-state index contributed by atoms with van der Waals surface area (Å²) in [6.07, 6.45) is 0. The van der Waals surface area contributed by atoms with Crippen LogP contribution in [0.5, 0.6) is 0 Å². The fourth-order valence-corrected chi connectivity index (χ4v) is 4.06. The van der Waals surface area contributed by atoms with Gasteiger partial charge in [-0.2, -0.15) is 16.1 Å². The molecule has 0 atom stereocenters. The summed E-state index contributed by atoms with van der Waals surface area (Å²) in [5.74, 6) is 1.60. The molecule has 5 nitrogen and oxygen atoms in total. The molecule has 0 aromatic carbocycles. The molecule has 0 aliphatic carbocycles. The molecule has 1 N–H and O–H groups in total. The molecule has 0 saturated carbocycles. The number of rotatable bonds is 2. The molecule has 88 valence electrons. The highest BCUT2D eigenvalue weighted by molar-refractivity contribution is 7.99. The van der Waals surface area contributed by atoms with Crippen molar-refractivity contribution in [3.05, 3.63) is 28.6 Å². The van der Waals surface area contributed by atoms with Gasteiger partial charge in [-0.25, -0.2) is 8.42 Å². The Bertz CT molecular complexity index is 518. The number of nitrogens with one attached hydrogen (secondary N) is 1. The van der Waals surface area contributed by atoms with Crippen molar-refractivity contribution in [3.63, 3.8) is 0 Å². The van der Waals surface area contributed by atoms with Crippen LogP contribution in [-0.4, -0.2) is 42.3 Å². The van der Waals surface area contributed by atoms with Gasteiger partial charge in [-0.15, -0.1) is 0 Å². The van der Waals surface area contributed by atoms with E-state index in [4.69, 9.17) is 0 Å². The van der Waals surface area contributed by atoms with Crippen LogP contribution in [0.1, 0.15) is 0 Å². The molecule has 16 heavy (non-hydrogen) atoms. The maximum atomic E-state index is 12.1. The second-order valence-electron chi connectivity index (χ2n) is 3.40. The molecule has 0 bridgehead atoms. The van der Waals surface area contributed by atoms with Crippen molar-refractivity contribution in [2.45, 2.75) is 5.03 Å². The molecule has 0 amide bonds. The predicted molar refractivity (Wildman–Crippen MR) is 63.1 cm³/mol. The van der Waals surface area contributed by atoms with Crippen molar-refractivity contribution in [1.29, 1.82) is 0 Å². The first kappa shape index (κ1) is 11.7. The summed E-state index contributed by atoms with van der Waals surface area (Å²) < 4.78 is 25.6. The van der Waals surface area contributed by atoms with E-state index in [-0.39, 0.29) is 5.03 Å². The maximum absolute atomic E-state index is 12.1. The zero-order valence-corrected chi connectivity index (χ0v) is 10.2. The van der Waals surface area contributed by atoms with Crippen molar-refractivity contribution in [3.8, 4) is 0 Å². The van der Waals surface area contributed by atoms with Crippen molar-refractivity contribution in [2.75, 3.05) is 24.6 Å². The van der Waals surface area contributed by atoms with Gasteiger partial charge in [0.1, 0.15) is 0 Å². The molecule has 0 radical (unpaired) electrons. The predicted octanol–water partition coefficient (Wildman–Crippen LogP) is 0.112. The number of sulfonamides is 1. The molecule has 2 heterocycles. The van der Waals surface area contributed by atoms with Crippen LogP contribution < -0.4 is 5.56 Å². The lowest BCUT2D eigenvalue weighted by Gasteiger charge is -2.25. The minimum Gasteiger partial charge on any atom is -0.312 e. The number of hydrogen-bond donors (Lipinski definition) is 1. The van der Waals surface area contributed by atoms with E-state index in [1.165, 1.54) is 22.5 Å². The van der Waals surface area contributed by atoms with Crippen LogP contribution in [-0.2, 0) is 10.0 Å². The lowest BCUT2D eigenvalue weighted by molar-refractivity contribution is 0.441. The molecule has 1 aliphatic heterocycles. The highest BCUT2D eigenvalue weighted by Crippen LogP contribution is 2.17. The Kier molecular flexibility index (Phi) is 3.36. The normalized spacial score (nSPS) is 18.5. The Labute approximate surface area is 97.9 Å². The third-order valence-corrected chi connectivity index (χ3v) is 5.11. The Morgan fingerprint density at radius 2 is 1.94 bits per heavy atom. The highest BCUT2D eigenvalue weighted by Gasteiger charge is 2.26. The van der Waals surface area contributed by atoms with Crippen LogP contribution >= 0.6 is 11.8 Å². The Balaban J connectivity index is 2.34. The summed E-state index contributed by atoms with van der Waals surface area (Å²) in [4.78, 5) is 13.4. The number of aromatic nitrogens is 1. The summed E-state index contributed by atoms with van der Waals surface area (Å²) in [6, 6.07) is 4.16. The van der Waals surface area contributed by atoms with Gasteiger partial charge in [-0.3, -0.25) is 4.79 Å². The van der Waals surface area contributed by atoms with E-state index in [1.807, 2.05) is 0 Å². The third kappa shape index (κ3) is 2.31. The van der Waals surface area contributed by atoms with E-state index in [0.717, 1.165) is 11.5 Å². The average molecular weight is 260 g/mol. The van der Waals surface area contributed by atoms with Crippen molar-refractivity contribution in [2.24, 2.45) is 0 Å². The molecule has 2 rings (SSSR count). The van der Waals surface area contributed by atoms with E-state index in [9.17, 15) is 13.2 Å². The zero-order chi connectivity index (χ0) is 11.6. The largest absolute Gasteiger partial charge is 0.312 e. The summed E-state index contributed by atoms with van der Waals surface area (Å²) in [6.45, 7) is 1.01. The van der Waals surface area contributed by atoms with Crippen LogP contribution in [0.4, 0.5) is 0 Å². The number of nitrogens with zero attached hydrogens (tertiary/aromatic N) is 1. The van der Waals surface area contributed by atoms with Gasteiger partial charge in [0.25, 0.3) is 10.0 Å². The summed E-state index contributed by atoms with van der Waals surface area (Å²) in [5, 5.41) is -0.0214. The number of hydrogen-bond acceptors (Lipinski definition) is 4. The summed E-state index contributed by atoms with van der Waals surface area (Å²) >= 11 is 1.74.